The molecule has 0 saturated carbocycles. The Labute approximate surface area is 162 Å². The summed E-state index contributed by atoms with van der Waals surface area (Å²) in [5, 5.41) is 20.9. The van der Waals surface area contributed by atoms with Crippen LogP contribution < -0.4 is 5.32 Å². The fraction of sp³-hybridized carbons (Fsp3) is 0.375. The van der Waals surface area contributed by atoms with Gasteiger partial charge in [0.2, 0.25) is 0 Å². The fourth-order valence-electron chi connectivity index (χ4n) is 2.49. The molecule has 0 radical (unpaired) electrons. The van der Waals surface area contributed by atoms with E-state index in [1.807, 2.05) is 18.2 Å². The first-order valence-corrected chi connectivity index (χ1v) is 7.48. The maximum atomic E-state index is 9.40. The highest BCUT2D eigenvalue weighted by atomic mass is 79.9. The molecule has 2 N–H and O–H groups in total. The molecule has 0 aliphatic carbocycles. The minimum atomic E-state index is 0. The van der Waals surface area contributed by atoms with E-state index >= 15 is 0 Å². The van der Waals surface area contributed by atoms with Crippen LogP contribution in [0, 0.1) is 0 Å². The van der Waals surface area contributed by atoms with Crippen molar-refractivity contribution < 1.29 is 9.84 Å². The summed E-state index contributed by atoms with van der Waals surface area (Å²) in [6.07, 6.45) is 1.68. The van der Waals surface area contributed by atoms with Crippen molar-refractivity contribution in [1.29, 1.82) is 0 Å². The SMILES string of the molecule is Br.Br.Oc1ccc(-c2ccnnc2NCCN2CCOCC2)cc1. The molecule has 1 aromatic heterocycles. The van der Waals surface area contributed by atoms with Crippen molar-refractivity contribution in [1.82, 2.24) is 15.1 Å². The van der Waals surface area contributed by atoms with Gasteiger partial charge < -0.3 is 15.2 Å². The van der Waals surface area contributed by atoms with E-state index in [2.05, 4.69) is 20.4 Å². The molecule has 6 nitrogen and oxygen atoms in total. The molecule has 2 aromatic rings. The van der Waals surface area contributed by atoms with Crippen molar-refractivity contribution >= 4 is 39.8 Å². The van der Waals surface area contributed by atoms with E-state index < -0.39 is 0 Å². The van der Waals surface area contributed by atoms with Gasteiger partial charge in [0.1, 0.15) is 5.75 Å². The molecular weight excluding hydrogens is 440 g/mol. The Morgan fingerprint density at radius 1 is 1.08 bits per heavy atom. The lowest BCUT2D eigenvalue weighted by Gasteiger charge is -2.26. The summed E-state index contributed by atoms with van der Waals surface area (Å²) in [6.45, 7) is 5.34. The van der Waals surface area contributed by atoms with Gasteiger partial charge in [0.25, 0.3) is 0 Å². The number of phenols is 1. The molecule has 0 unspecified atom stereocenters. The number of phenolic OH excluding ortho intramolecular Hbond substituents is 1. The first kappa shape index (κ1) is 20.8. The van der Waals surface area contributed by atoms with Crippen LogP contribution in [-0.2, 0) is 4.74 Å². The van der Waals surface area contributed by atoms with Crippen molar-refractivity contribution in [2.75, 3.05) is 44.7 Å². The third-order valence-electron chi connectivity index (χ3n) is 3.72. The highest BCUT2D eigenvalue weighted by molar-refractivity contribution is 8.93. The summed E-state index contributed by atoms with van der Waals surface area (Å²) in [5.74, 6) is 1.02. The van der Waals surface area contributed by atoms with E-state index in [1.165, 1.54) is 0 Å². The topological polar surface area (TPSA) is 70.5 Å². The van der Waals surface area contributed by atoms with Crippen LogP contribution >= 0.6 is 34.0 Å². The second kappa shape index (κ2) is 10.6. The number of aromatic nitrogens is 2. The lowest BCUT2D eigenvalue weighted by atomic mass is 10.1. The van der Waals surface area contributed by atoms with Crippen LogP contribution in [0.15, 0.2) is 36.5 Å². The number of benzene rings is 1. The van der Waals surface area contributed by atoms with Crippen LogP contribution in [0.3, 0.4) is 0 Å². The highest BCUT2D eigenvalue weighted by Crippen LogP contribution is 2.26. The smallest absolute Gasteiger partial charge is 0.156 e. The van der Waals surface area contributed by atoms with Gasteiger partial charge in [0.05, 0.1) is 19.4 Å². The number of rotatable bonds is 5. The summed E-state index contributed by atoms with van der Waals surface area (Å²) >= 11 is 0. The minimum Gasteiger partial charge on any atom is -0.508 e. The molecule has 0 spiro atoms. The van der Waals surface area contributed by atoms with Gasteiger partial charge in [0, 0.05) is 31.7 Å². The molecule has 24 heavy (non-hydrogen) atoms. The molecule has 0 bridgehead atoms. The first-order chi connectivity index (χ1) is 10.8. The molecule has 1 aliphatic heterocycles. The third kappa shape index (κ3) is 5.70. The van der Waals surface area contributed by atoms with E-state index in [-0.39, 0.29) is 39.7 Å². The molecule has 8 heteroatoms. The molecule has 3 rings (SSSR count). The summed E-state index contributed by atoms with van der Waals surface area (Å²) in [6, 6.07) is 9.02. The molecule has 1 aromatic carbocycles. The lowest BCUT2D eigenvalue weighted by molar-refractivity contribution is 0.0398. The molecule has 1 saturated heterocycles. The van der Waals surface area contributed by atoms with E-state index in [0.29, 0.717) is 0 Å². The predicted octanol–water partition coefficient (Wildman–Crippen LogP) is 2.75. The molecule has 1 fully saturated rings. The molecule has 0 atom stereocenters. The van der Waals surface area contributed by atoms with Crippen LogP contribution in [0.2, 0.25) is 0 Å². The van der Waals surface area contributed by atoms with Gasteiger partial charge in [-0.1, -0.05) is 12.1 Å². The molecule has 0 amide bonds. The van der Waals surface area contributed by atoms with Gasteiger partial charge in [-0.25, -0.2) is 0 Å². The van der Waals surface area contributed by atoms with E-state index in [1.54, 1.807) is 18.3 Å². The first-order valence-electron chi connectivity index (χ1n) is 7.48. The van der Waals surface area contributed by atoms with Crippen LogP contribution in [0.5, 0.6) is 5.75 Å². The number of nitrogens with zero attached hydrogens (tertiary/aromatic N) is 3. The number of hydrogen-bond donors (Lipinski definition) is 2. The Bertz CT molecular complexity index is 607. The van der Waals surface area contributed by atoms with Crippen LogP contribution in [0.1, 0.15) is 0 Å². The Balaban J connectivity index is 0.00000144. The normalized spacial score (nSPS) is 14.3. The Kier molecular flexibility index (Phi) is 9.20. The number of nitrogens with one attached hydrogen (secondary N) is 1. The number of morpholine rings is 1. The van der Waals surface area contributed by atoms with Crippen molar-refractivity contribution in [2.24, 2.45) is 0 Å². The summed E-state index contributed by atoms with van der Waals surface area (Å²) < 4.78 is 5.35. The van der Waals surface area contributed by atoms with Gasteiger partial charge in [0.15, 0.2) is 5.82 Å². The van der Waals surface area contributed by atoms with Crippen molar-refractivity contribution in [3.8, 4) is 16.9 Å². The maximum absolute atomic E-state index is 9.40. The molecule has 2 heterocycles. The van der Waals surface area contributed by atoms with Gasteiger partial charge >= 0.3 is 0 Å². The van der Waals surface area contributed by atoms with Crippen LogP contribution in [0.25, 0.3) is 11.1 Å². The average molecular weight is 462 g/mol. The number of aromatic hydroxyl groups is 1. The average Bonchev–Trinajstić information content (AvgIpc) is 2.57. The quantitative estimate of drug-likeness (QED) is 0.713. The van der Waals surface area contributed by atoms with Gasteiger partial charge in [-0.05, 0) is 23.8 Å². The molecule has 132 valence electrons. The second-order valence-corrected chi connectivity index (χ2v) is 5.22. The van der Waals surface area contributed by atoms with Crippen molar-refractivity contribution in [3.05, 3.63) is 36.5 Å². The fourth-order valence-corrected chi connectivity index (χ4v) is 2.49. The van der Waals surface area contributed by atoms with Crippen LogP contribution in [-0.4, -0.2) is 59.6 Å². The van der Waals surface area contributed by atoms with Crippen LogP contribution in [0.4, 0.5) is 5.82 Å². The van der Waals surface area contributed by atoms with Crippen molar-refractivity contribution in [3.63, 3.8) is 0 Å². The number of anilines is 1. The Morgan fingerprint density at radius 2 is 1.79 bits per heavy atom. The zero-order chi connectivity index (χ0) is 15.2. The Morgan fingerprint density at radius 3 is 2.50 bits per heavy atom. The number of hydrogen-bond acceptors (Lipinski definition) is 6. The summed E-state index contributed by atoms with van der Waals surface area (Å²) in [5.41, 5.74) is 1.98. The summed E-state index contributed by atoms with van der Waals surface area (Å²) in [4.78, 5) is 2.37. The number of ether oxygens (including phenoxy) is 1. The highest BCUT2D eigenvalue weighted by Gasteiger charge is 2.11. The monoisotopic (exact) mass is 460 g/mol. The largest absolute Gasteiger partial charge is 0.508 e. The Hall–Kier alpha value is -1.22. The van der Waals surface area contributed by atoms with E-state index in [4.69, 9.17) is 4.74 Å². The third-order valence-corrected chi connectivity index (χ3v) is 3.72. The minimum absolute atomic E-state index is 0. The van der Waals surface area contributed by atoms with E-state index in [9.17, 15) is 5.11 Å². The predicted molar refractivity (Wildman–Crippen MR) is 106 cm³/mol. The summed E-state index contributed by atoms with van der Waals surface area (Å²) in [7, 11) is 0. The van der Waals surface area contributed by atoms with Gasteiger partial charge in [-0.15, -0.1) is 39.1 Å². The molecular formula is C16H22Br2N4O2. The van der Waals surface area contributed by atoms with E-state index in [0.717, 1.165) is 56.3 Å². The second-order valence-electron chi connectivity index (χ2n) is 5.22. The van der Waals surface area contributed by atoms with Crippen molar-refractivity contribution in [2.45, 2.75) is 0 Å². The standard InChI is InChI=1S/C16H20N4O2.2BrH/c21-14-3-1-13(2-4-14)15-5-6-18-19-16(15)17-7-8-20-9-11-22-12-10-20;;/h1-6,21H,7-12H2,(H,17,19);2*1H. The zero-order valence-corrected chi connectivity index (χ0v) is 16.6. The van der Waals surface area contributed by atoms with Gasteiger partial charge in [-0.2, -0.15) is 5.10 Å². The van der Waals surface area contributed by atoms with Gasteiger partial charge in [-0.3, -0.25) is 4.90 Å². The number of halogens is 2. The maximum Gasteiger partial charge on any atom is 0.156 e. The zero-order valence-electron chi connectivity index (χ0n) is 13.2. The molecule has 1 aliphatic rings. The lowest BCUT2D eigenvalue weighted by Crippen LogP contribution is -2.39.